The Labute approximate surface area is 145 Å². The minimum atomic E-state index is -0.351. The number of benzene rings is 2. The summed E-state index contributed by atoms with van der Waals surface area (Å²) in [5, 5.41) is -0.0228. The molecule has 2 atom stereocenters. The molecular weight excluding hydrogens is 324 g/mol. The molecule has 0 aromatic heterocycles. The Kier molecular flexibility index (Phi) is 5.54. The number of carbonyl (C=O) groups excluding carboxylic acids is 2. The summed E-state index contributed by atoms with van der Waals surface area (Å²) in [5.41, 5.74) is 1.06. The van der Waals surface area contributed by atoms with Crippen LogP contribution in [0.1, 0.15) is 27.1 Å². The Balaban J connectivity index is 1.54. The number of ether oxygens (including phenoxy) is 2. The molecule has 1 aliphatic heterocycles. The molecule has 0 amide bonds. The lowest BCUT2D eigenvalue weighted by Crippen LogP contribution is -2.29. The quantitative estimate of drug-likeness (QED) is 0.778. The van der Waals surface area contributed by atoms with E-state index < -0.39 is 0 Å². The van der Waals surface area contributed by atoms with Crippen LogP contribution >= 0.6 is 11.8 Å². The average molecular weight is 342 g/mol. The molecule has 3 rings (SSSR count). The second kappa shape index (κ2) is 8.02. The molecular formula is C19H18O4S. The van der Waals surface area contributed by atoms with E-state index in [2.05, 4.69) is 0 Å². The van der Waals surface area contributed by atoms with E-state index in [1.165, 1.54) is 0 Å². The van der Waals surface area contributed by atoms with Crippen molar-refractivity contribution >= 4 is 23.7 Å². The van der Waals surface area contributed by atoms with E-state index in [0.29, 0.717) is 11.1 Å². The average Bonchev–Trinajstić information content (AvgIpc) is 3.08. The molecule has 24 heavy (non-hydrogen) atoms. The first-order valence-corrected chi connectivity index (χ1v) is 8.89. The molecule has 124 valence electrons. The van der Waals surface area contributed by atoms with Crippen molar-refractivity contribution in [1.29, 1.82) is 0 Å². The largest absolute Gasteiger partial charge is 0.461 e. The summed E-state index contributed by atoms with van der Waals surface area (Å²) in [6, 6.07) is 17.8. The van der Waals surface area contributed by atoms with Gasteiger partial charge in [-0.05, 0) is 36.4 Å². The van der Waals surface area contributed by atoms with Crippen molar-refractivity contribution in [2.45, 2.75) is 17.8 Å². The summed E-state index contributed by atoms with van der Waals surface area (Å²) in [6.45, 7) is 0.241. The first kappa shape index (κ1) is 16.6. The zero-order chi connectivity index (χ0) is 16.8. The molecule has 1 fully saturated rings. The van der Waals surface area contributed by atoms with Gasteiger partial charge in [-0.2, -0.15) is 11.8 Å². The summed E-state index contributed by atoms with van der Waals surface area (Å²) < 4.78 is 11.0. The van der Waals surface area contributed by atoms with Crippen molar-refractivity contribution in [2.75, 3.05) is 12.4 Å². The molecule has 0 radical (unpaired) electrons. The van der Waals surface area contributed by atoms with Crippen molar-refractivity contribution in [1.82, 2.24) is 0 Å². The highest BCUT2D eigenvalue weighted by Gasteiger charge is 2.32. The molecule has 2 aromatic carbocycles. The van der Waals surface area contributed by atoms with Gasteiger partial charge in [0.15, 0.2) is 0 Å². The minimum Gasteiger partial charge on any atom is -0.461 e. The van der Waals surface area contributed by atoms with Crippen LogP contribution in [-0.4, -0.2) is 35.7 Å². The first-order chi connectivity index (χ1) is 11.7. The van der Waals surface area contributed by atoms with E-state index in [9.17, 15) is 9.59 Å². The van der Waals surface area contributed by atoms with Gasteiger partial charge >= 0.3 is 11.9 Å². The molecule has 0 N–H and O–H groups in total. The lowest BCUT2D eigenvalue weighted by molar-refractivity contribution is 0.0221. The van der Waals surface area contributed by atoms with Crippen molar-refractivity contribution in [3.63, 3.8) is 0 Å². The fourth-order valence-corrected chi connectivity index (χ4v) is 3.76. The van der Waals surface area contributed by atoms with Gasteiger partial charge in [-0.15, -0.1) is 0 Å². The standard InChI is InChI=1S/C19H18O4S/c20-18(14-7-3-1-4-8-14)22-13-17-16(11-12-24-17)23-19(21)15-9-5-2-6-10-15/h1-10,16-17H,11-13H2/t16-,17-/m0/s1. The summed E-state index contributed by atoms with van der Waals surface area (Å²) >= 11 is 1.67. The molecule has 0 bridgehead atoms. The summed E-state index contributed by atoms with van der Waals surface area (Å²) in [6.07, 6.45) is 0.544. The maximum absolute atomic E-state index is 12.2. The number of esters is 2. The third-order valence-electron chi connectivity index (χ3n) is 3.81. The van der Waals surface area contributed by atoms with Crippen LogP contribution in [0.2, 0.25) is 0 Å². The van der Waals surface area contributed by atoms with Gasteiger partial charge in [0.05, 0.1) is 16.4 Å². The van der Waals surface area contributed by atoms with Crippen LogP contribution < -0.4 is 0 Å². The van der Waals surface area contributed by atoms with Gasteiger partial charge in [0, 0.05) is 0 Å². The second-order valence-corrected chi connectivity index (χ2v) is 6.82. The molecule has 0 aliphatic carbocycles. The molecule has 0 spiro atoms. The third-order valence-corrected chi connectivity index (χ3v) is 5.14. The van der Waals surface area contributed by atoms with E-state index >= 15 is 0 Å². The van der Waals surface area contributed by atoms with Gasteiger partial charge in [0.1, 0.15) is 12.7 Å². The van der Waals surface area contributed by atoms with E-state index in [0.717, 1.165) is 12.2 Å². The van der Waals surface area contributed by atoms with Gasteiger partial charge in [-0.3, -0.25) is 0 Å². The zero-order valence-electron chi connectivity index (χ0n) is 13.1. The Bertz CT molecular complexity index is 687. The molecule has 0 saturated carbocycles. The first-order valence-electron chi connectivity index (χ1n) is 7.84. The van der Waals surface area contributed by atoms with Gasteiger partial charge in [0.25, 0.3) is 0 Å². The third kappa shape index (κ3) is 4.17. The van der Waals surface area contributed by atoms with Crippen LogP contribution in [0.25, 0.3) is 0 Å². The lowest BCUT2D eigenvalue weighted by Gasteiger charge is -2.19. The maximum Gasteiger partial charge on any atom is 0.338 e. The summed E-state index contributed by atoms with van der Waals surface area (Å²) in [5.74, 6) is 0.207. The molecule has 2 aromatic rings. The van der Waals surface area contributed by atoms with Crippen molar-refractivity contribution < 1.29 is 19.1 Å². The van der Waals surface area contributed by atoms with Gasteiger partial charge in [-0.25, -0.2) is 9.59 Å². The van der Waals surface area contributed by atoms with Crippen LogP contribution in [0, 0.1) is 0 Å². The minimum absolute atomic E-state index is 0.0228. The predicted octanol–water partition coefficient (Wildman–Crippen LogP) is 3.57. The van der Waals surface area contributed by atoms with Crippen LogP contribution in [0.5, 0.6) is 0 Å². The highest BCUT2D eigenvalue weighted by Crippen LogP contribution is 2.30. The van der Waals surface area contributed by atoms with E-state index in [-0.39, 0.29) is 29.9 Å². The van der Waals surface area contributed by atoms with Crippen molar-refractivity contribution in [3.8, 4) is 0 Å². The maximum atomic E-state index is 12.2. The normalized spacial score (nSPS) is 19.7. The van der Waals surface area contributed by atoms with Crippen molar-refractivity contribution in [3.05, 3.63) is 71.8 Å². The number of hydrogen-bond acceptors (Lipinski definition) is 5. The predicted molar refractivity (Wildman–Crippen MR) is 93.2 cm³/mol. The molecule has 4 nitrogen and oxygen atoms in total. The van der Waals surface area contributed by atoms with Gasteiger partial charge < -0.3 is 9.47 Å². The highest BCUT2D eigenvalue weighted by molar-refractivity contribution is 8.00. The van der Waals surface area contributed by atoms with Crippen LogP contribution in [-0.2, 0) is 9.47 Å². The van der Waals surface area contributed by atoms with Gasteiger partial charge in [-0.1, -0.05) is 36.4 Å². The molecule has 1 saturated heterocycles. The topological polar surface area (TPSA) is 52.6 Å². The fourth-order valence-electron chi connectivity index (χ4n) is 2.51. The lowest BCUT2D eigenvalue weighted by atomic mass is 10.2. The molecule has 1 heterocycles. The van der Waals surface area contributed by atoms with Crippen LogP contribution in [0.15, 0.2) is 60.7 Å². The molecule has 5 heteroatoms. The Morgan fingerprint density at radius 3 is 2.12 bits per heavy atom. The van der Waals surface area contributed by atoms with E-state index in [1.807, 2.05) is 12.1 Å². The highest BCUT2D eigenvalue weighted by atomic mass is 32.2. The summed E-state index contributed by atoms with van der Waals surface area (Å²) in [4.78, 5) is 24.2. The Morgan fingerprint density at radius 2 is 1.50 bits per heavy atom. The van der Waals surface area contributed by atoms with Crippen molar-refractivity contribution in [2.24, 2.45) is 0 Å². The Morgan fingerprint density at radius 1 is 0.917 bits per heavy atom. The van der Waals surface area contributed by atoms with E-state index in [1.54, 1.807) is 60.3 Å². The zero-order valence-corrected chi connectivity index (χ0v) is 13.9. The van der Waals surface area contributed by atoms with E-state index in [4.69, 9.17) is 9.47 Å². The monoisotopic (exact) mass is 342 g/mol. The van der Waals surface area contributed by atoms with Crippen LogP contribution in [0.3, 0.4) is 0 Å². The second-order valence-electron chi connectivity index (χ2n) is 5.47. The summed E-state index contributed by atoms with van der Waals surface area (Å²) in [7, 11) is 0. The fraction of sp³-hybridized carbons (Fsp3) is 0.263. The number of thioether (sulfide) groups is 1. The van der Waals surface area contributed by atoms with Gasteiger partial charge in [0.2, 0.25) is 0 Å². The molecule has 0 unspecified atom stereocenters. The SMILES string of the molecule is O=C(OC[C@@H]1SCC[C@@H]1OC(=O)c1ccccc1)c1ccccc1. The number of hydrogen-bond donors (Lipinski definition) is 0. The molecule has 1 aliphatic rings. The van der Waals surface area contributed by atoms with Crippen LogP contribution in [0.4, 0.5) is 0 Å². The smallest absolute Gasteiger partial charge is 0.338 e. The number of carbonyl (C=O) groups is 2. The Hall–Kier alpha value is -2.27. The number of rotatable bonds is 5.